The van der Waals surface area contributed by atoms with Gasteiger partial charge in [-0.15, -0.1) is 0 Å². The van der Waals surface area contributed by atoms with Gasteiger partial charge in [-0.3, -0.25) is 0 Å². The minimum absolute atomic E-state index is 0.0838. The van der Waals surface area contributed by atoms with E-state index < -0.39 is 10.2 Å². The van der Waals surface area contributed by atoms with Crippen molar-refractivity contribution in [1.82, 2.24) is 8.61 Å². The van der Waals surface area contributed by atoms with Crippen LogP contribution in [0.2, 0.25) is 0 Å². The van der Waals surface area contributed by atoms with Crippen molar-refractivity contribution in [3.8, 4) is 0 Å². The Hall–Kier alpha value is -0.930. The molecule has 2 aliphatic rings. The van der Waals surface area contributed by atoms with E-state index in [-0.39, 0.29) is 12.0 Å². The van der Waals surface area contributed by atoms with Crippen LogP contribution in [0.15, 0.2) is 16.5 Å². The van der Waals surface area contributed by atoms with Crippen LogP contribution in [-0.4, -0.2) is 63.0 Å². The van der Waals surface area contributed by atoms with Crippen LogP contribution in [0.5, 0.6) is 0 Å². The lowest BCUT2D eigenvalue weighted by Gasteiger charge is -2.33. The third-order valence-corrected chi connectivity index (χ3v) is 7.06. The molecule has 0 amide bonds. The van der Waals surface area contributed by atoms with Gasteiger partial charge in [-0.2, -0.15) is 17.0 Å². The Morgan fingerprint density at radius 3 is 2.54 bits per heavy atom. The zero-order valence-electron chi connectivity index (χ0n) is 14.3. The molecule has 0 aromatic carbocycles. The number of furan rings is 1. The summed E-state index contributed by atoms with van der Waals surface area (Å²) < 4.78 is 39.8. The molecule has 8 heteroatoms. The van der Waals surface area contributed by atoms with Gasteiger partial charge in [-0.1, -0.05) is 0 Å². The second-order valence-corrected chi connectivity index (χ2v) is 8.77. The van der Waals surface area contributed by atoms with Gasteiger partial charge >= 0.3 is 0 Å². The van der Waals surface area contributed by atoms with Crippen molar-refractivity contribution in [2.24, 2.45) is 11.7 Å². The smallest absolute Gasteiger partial charge is 0.282 e. The zero-order chi connectivity index (χ0) is 17.3. The number of nitrogens with two attached hydrogens (primary N) is 1. The van der Waals surface area contributed by atoms with E-state index in [2.05, 4.69) is 0 Å². The summed E-state index contributed by atoms with van der Waals surface area (Å²) in [6.07, 6.45) is 1.68. The highest BCUT2D eigenvalue weighted by Gasteiger charge is 2.42. The zero-order valence-corrected chi connectivity index (χ0v) is 15.2. The van der Waals surface area contributed by atoms with E-state index in [0.717, 1.165) is 24.4 Å². The van der Waals surface area contributed by atoms with Crippen LogP contribution in [0.25, 0.3) is 0 Å². The average Bonchev–Trinajstić information content (AvgIpc) is 3.14. The number of hydrogen-bond donors (Lipinski definition) is 1. The van der Waals surface area contributed by atoms with Crippen molar-refractivity contribution in [2.75, 3.05) is 39.9 Å². The molecule has 136 valence electrons. The fourth-order valence-corrected chi connectivity index (χ4v) is 5.35. The Kier molecular flexibility index (Phi) is 5.31. The molecule has 0 radical (unpaired) electrons. The maximum Gasteiger partial charge on any atom is 0.282 e. The molecule has 2 N–H and O–H groups in total. The summed E-state index contributed by atoms with van der Waals surface area (Å²) in [5.74, 6) is 1.95. The van der Waals surface area contributed by atoms with Crippen molar-refractivity contribution in [3.63, 3.8) is 0 Å². The molecule has 0 spiro atoms. The molecule has 3 rings (SSSR count). The van der Waals surface area contributed by atoms with Gasteiger partial charge in [0.05, 0.1) is 0 Å². The summed E-state index contributed by atoms with van der Waals surface area (Å²) in [4.78, 5) is 0. The molecule has 1 aromatic rings. The SMILES string of the molecule is COCC1CCN(S(=O)(=O)N2CC(N)C(c3ccc(C)o3)C2)CC1. The molecule has 2 aliphatic heterocycles. The van der Waals surface area contributed by atoms with E-state index >= 15 is 0 Å². The van der Waals surface area contributed by atoms with Gasteiger partial charge in [0.1, 0.15) is 11.5 Å². The number of aryl methyl sites for hydroxylation is 1. The largest absolute Gasteiger partial charge is 0.466 e. The number of methoxy groups -OCH3 is 1. The first-order valence-electron chi connectivity index (χ1n) is 8.48. The molecule has 24 heavy (non-hydrogen) atoms. The molecule has 0 saturated carbocycles. The molecular weight excluding hydrogens is 330 g/mol. The van der Waals surface area contributed by atoms with Gasteiger partial charge < -0.3 is 14.9 Å². The van der Waals surface area contributed by atoms with Gasteiger partial charge in [0.25, 0.3) is 10.2 Å². The Morgan fingerprint density at radius 2 is 1.96 bits per heavy atom. The molecule has 0 bridgehead atoms. The van der Waals surface area contributed by atoms with Crippen molar-refractivity contribution in [3.05, 3.63) is 23.7 Å². The van der Waals surface area contributed by atoms with Gasteiger partial charge in [0, 0.05) is 51.9 Å². The number of piperidine rings is 1. The summed E-state index contributed by atoms with van der Waals surface area (Å²) in [7, 11) is -1.78. The summed E-state index contributed by atoms with van der Waals surface area (Å²) in [5, 5.41) is 0. The highest BCUT2D eigenvalue weighted by Crippen LogP contribution is 2.31. The first-order valence-corrected chi connectivity index (χ1v) is 9.87. The van der Waals surface area contributed by atoms with Gasteiger partial charge in [-0.25, -0.2) is 0 Å². The third kappa shape index (κ3) is 3.52. The van der Waals surface area contributed by atoms with Crippen LogP contribution in [0, 0.1) is 12.8 Å². The van der Waals surface area contributed by atoms with Gasteiger partial charge in [-0.05, 0) is 37.8 Å². The van der Waals surface area contributed by atoms with E-state index in [1.54, 1.807) is 11.4 Å². The molecule has 0 aliphatic carbocycles. The number of nitrogens with zero attached hydrogens (tertiary/aromatic N) is 2. The van der Waals surface area contributed by atoms with E-state index in [9.17, 15) is 8.42 Å². The fourth-order valence-electron chi connectivity index (χ4n) is 3.64. The van der Waals surface area contributed by atoms with Crippen LogP contribution in [0.3, 0.4) is 0 Å². The normalized spacial score (nSPS) is 27.8. The van der Waals surface area contributed by atoms with Crippen molar-refractivity contribution >= 4 is 10.2 Å². The Morgan fingerprint density at radius 1 is 1.25 bits per heavy atom. The van der Waals surface area contributed by atoms with Crippen LogP contribution < -0.4 is 5.73 Å². The van der Waals surface area contributed by atoms with E-state index in [0.29, 0.717) is 38.7 Å². The molecule has 2 fully saturated rings. The second kappa shape index (κ2) is 7.13. The molecular formula is C16H27N3O4S. The maximum absolute atomic E-state index is 12.9. The number of ether oxygens (including phenoxy) is 1. The van der Waals surface area contributed by atoms with Gasteiger partial charge in [0.15, 0.2) is 0 Å². The number of hydrogen-bond acceptors (Lipinski definition) is 5. The number of rotatable bonds is 5. The molecule has 2 unspecified atom stereocenters. The van der Waals surface area contributed by atoms with Crippen LogP contribution >= 0.6 is 0 Å². The molecule has 2 saturated heterocycles. The lowest BCUT2D eigenvalue weighted by atomic mass is 9.99. The van der Waals surface area contributed by atoms with Crippen molar-refractivity contribution in [2.45, 2.75) is 31.7 Å². The van der Waals surface area contributed by atoms with Crippen LogP contribution in [0.1, 0.15) is 30.3 Å². The summed E-state index contributed by atoms with van der Waals surface area (Å²) in [6.45, 7) is 4.39. The van der Waals surface area contributed by atoms with Crippen molar-refractivity contribution < 1.29 is 17.6 Å². The molecule has 1 aromatic heterocycles. The first kappa shape index (κ1) is 17.9. The van der Waals surface area contributed by atoms with Gasteiger partial charge in [0.2, 0.25) is 0 Å². The predicted octanol–water partition coefficient (Wildman–Crippen LogP) is 0.918. The van der Waals surface area contributed by atoms with E-state index in [4.69, 9.17) is 14.9 Å². The first-order chi connectivity index (χ1) is 11.4. The highest BCUT2D eigenvalue weighted by molar-refractivity contribution is 7.86. The van der Waals surface area contributed by atoms with Crippen LogP contribution in [0.4, 0.5) is 0 Å². The standard InChI is InChI=1S/C16H27N3O4S/c1-12-3-4-16(23-12)14-9-19(10-15(14)17)24(20,21)18-7-5-13(6-8-18)11-22-2/h3-4,13-15H,5-11,17H2,1-2H3. The van der Waals surface area contributed by atoms with Crippen LogP contribution in [-0.2, 0) is 14.9 Å². The van der Waals surface area contributed by atoms with E-state index in [1.807, 2.05) is 19.1 Å². The average molecular weight is 357 g/mol. The maximum atomic E-state index is 12.9. The summed E-state index contributed by atoms with van der Waals surface area (Å²) in [5.41, 5.74) is 6.20. The lowest BCUT2D eigenvalue weighted by Crippen LogP contribution is -2.47. The molecule has 7 nitrogen and oxygen atoms in total. The quantitative estimate of drug-likeness (QED) is 0.846. The highest BCUT2D eigenvalue weighted by atomic mass is 32.2. The Labute approximate surface area is 143 Å². The summed E-state index contributed by atoms with van der Waals surface area (Å²) >= 11 is 0. The second-order valence-electron chi connectivity index (χ2n) is 6.84. The monoisotopic (exact) mass is 357 g/mol. The van der Waals surface area contributed by atoms with E-state index in [1.165, 1.54) is 4.31 Å². The third-order valence-electron chi connectivity index (χ3n) is 5.09. The summed E-state index contributed by atoms with van der Waals surface area (Å²) in [6, 6.07) is 3.54. The Balaban J connectivity index is 1.66. The molecule has 2 atom stereocenters. The molecule has 3 heterocycles. The lowest BCUT2D eigenvalue weighted by molar-refractivity contribution is 0.120. The Bertz CT molecular complexity index is 652. The fraction of sp³-hybridized carbons (Fsp3) is 0.750. The topological polar surface area (TPSA) is 89.0 Å². The predicted molar refractivity (Wildman–Crippen MR) is 90.8 cm³/mol. The van der Waals surface area contributed by atoms with Crippen molar-refractivity contribution in [1.29, 1.82) is 0 Å². The minimum Gasteiger partial charge on any atom is -0.466 e. The minimum atomic E-state index is -3.46.